The van der Waals surface area contributed by atoms with Gasteiger partial charge in [0, 0.05) is 23.2 Å². The second-order valence-corrected chi connectivity index (χ2v) is 7.61. The third kappa shape index (κ3) is 5.94. The second-order valence-electron chi connectivity index (χ2n) is 7.61. The molecular formula is C22H27N3O3. The molecule has 0 saturated carbocycles. The molecule has 0 bridgehead atoms. The van der Waals surface area contributed by atoms with Crippen LogP contribution in [0, 0.1) is 0 Å². The number of benzene rings is 2. The highest BCUT2D eigenvalue weighted by molar-refractivity contribution is 5.99. The molecule has 6 heteroatoms. The van der Waals surface area contributed by atoms with Crippen LogP contribution >= 0.6 is 0 Å². The molecule has 6 nitrogen and oxygen atoms in total. The van der Waals surface area contributed by atoms with Gasteiger partial charge in [0.1, 0.15) is 0 Å². The van der Waals surface area contributed by atoms with Crippen molar-refractivity contribution >= 4 is 23.4 Å². The van der Waals surface area contributed by atoms with E-state index in [2.05, 4.69) is 36.9 Å². The Morgan fingerprint density at radius 2 is 1.25 bits per heavy atom. The molecule has 0 unspecified atom stereocenters. The summed E-state index contributed by atoms with van der Waals surface area (Å²) in [6, 6.07) is 13.7. The summed E-state index contributed by atoms with van der Waals surface area (Å²) in [5.74, 6) is -0.896. The SMILES string of the molecule is CCCC(=O)Nc1ccc(C(=O)NNC(=O)c2ccc(C(C)(C)C)cc2)cc1. The molecule has 0 aromatic heterocycles. The molecule has 2 rings (SSSR count). The van der Waals surface area contributed by atoms with Crippen LogP contribution < -0.4 is 16.2 Å². The first kappa shape index (κ1) is 21.2. The minimum atomic E-state index is -0.439. The standard InChI is InChI=1S/C22H27N3O3/c1-5-6-19(26)23-18-13-9-16(10-14-18)21(28)25-24-20(27)15-7-11-17(12-8-15)22(2,3)4/h7-14H,5-6H2,1-4H3,(H,23,26)(H,24,27)(H,25,28). The van der Waals surface area contributed by atoms with Crippen molar-refractivity contribution in [2.75, 3.05) is 5.32 Å². The van der Waals surface area contributed by atoms with Gasteiger partial charge in [-0.25, -0.2) is 0 Å². The fourth-order valence-corrected chi connectivity index (χ4v) is 2.53. The monoisotopic (exact) mass is 381 g/mol. The maximum absolute atomic E-state index is 12.2. The Morgan fingerprint density at radius 1 is 0.786 bits per heavy atom. The first-order valence-corrected chi connectivity index (χ1v) is 9.32. The van der Waals surface area contributed by atoms with Crippen molar-refractivity contribution < 1.29 is 14.4 Å². The third-order valence-electron chi connectivity index (χ3n) is 4.21. The van der Waals surface area contributed by atoms with Gasteiger partial charge in [-0.3, -0.25) is 25.2 Å². The lowest BCUT2D eigenvalue weighted by atomic mass is 9.87. The Labute approximate surface area is 165 Å². The summed E-state index contributed by atoms with van der Waals surface area (Å²) >= 11 is 0. The topological polar surface area (TPSA) is 87.3 Å². The molecular weight excluding hydrogens is 354 g/mol. The van der Waals surface area contributed by atoms with Crippen molar-refractivity contribution in [3.63, 3.8) is 0 Å². The van der Waals surface area contributed by atoms with E-state index in [1.54, 1.807) is 36.4 Å². The smallest absolute Gasteiger partial charge is 0.269 e. The number of rotatable bonds is 5. The number of amides is 3. The van der Waals surface area contributed by atoms with E-state index >= 15 is 0 Å². The molecule has 2 aromatic carbocycles. The summed E-state index contributed by atoms with van der Waals surface area (Å²) in [4.78, 5) is 36.0. The van der Waals surface area contributed by atoms with Crippen LogP contribution in [-0.4, -0.2) is 17.7 Å². The number of anilines is 1. The van der Waals surface area contributed by atoms with E-state index in [0.717, 1.165) is 12.0 Å². The van der Waals surface area contributed by atoms with Crippen LogP contribution in [0.2, 0.25) is 0 Å². The molecule has 0 aliphatic carbocycles. The molecule has 0 aliphatic heterocycles. The van der Waals surface area contributed by atoms with Gasteiger partial charge < -0.3 is 5.32 Å². The summed E-state index contributed by atoms with van der Waals surface area (Å²) in [6.45, 7) is 8.23. The summed E-state index contributed by atoms with van der Waals surface area (Å²) in [5, 5.41) is 2.76. The van der Waals surface area contributed by atoms with E-state index < -0.39 is 11.8 Å². The molecule has 148 valence electrons. The maximum Gasteiger partial charge on any atom is 0.269 e. The van der Waals surface area contributed by atoms with Crippen molar-refractivity contribution in [2.24, 2.45) is 0 Å². The molecule has 3 N–H and O–H groups in total. The predicted molar refractivity (Wildman–Crippen MR) is 110 cm³/mol. The Kier molecular flexibility index (Phi) is 6.93. The lowest BCUT2D eigenvalue weighted by Crippen LogP contribution is -2.41. The molecule has 0 spiro atoms. The zero-order valence-electron chi connectivity index (χ0n) is 16.8. The fourth-order valence-electron chi connectivity index (χ4n) is 2.53. The second kappa shape index (κ2) is 9.17. The largest absolute Gasteiger partial charge is 0.326 e. The van der Waals surface area contributed by atoms with Crippen LogP contribution in [-0.2, 0) is 10.2 Å². The van der Waals surface area contributed by atoms with Gasteiger partial charge in [-0.05, 0) is 53.8 Å². The van der Waals surface area contributed by atoms with Crippen molar-refractivity contribution in [1.82, 2.24) is 10.9 Å². The van der Waals surface area contributed by atoms with Crippen LogP contribution in [0.3, 0.4) is 0 Å². The van der Waals surface area contributed by atoms with Crippen LogP contribution in [0.15, 0.2) is 48.5 Å². The van der Waals surface area contributed by atoms with Gasteiger partial charge in [0.25, 0.3) is 11.8 Å². The third-order valence-corrected chi connectivity index (χ3v) is 4.21. The zero-order valence-corrected chi connectivity index (χ0v) is 16.8. The van der Waals surface area contributed by atoms with Crippen LogP contribution in [0.25, 0.3) is 0 Å². The lowest BCUT2D eigenvalue weighted by Gasteiger charge is -2.19. The van der Waals surface area contributed by atoms with E-state index in [1.165, 1.54) is 0 Å². The summed E-state index contributed by atoms with van der Waals surface area (Å²) in [7, 11) is 0. The number of hydrazine groups is 1. The molecule has 0 saturated heterocycles. The normalized spacial score (nSPS) is 10.9. The van der Waals surface area contributed by atoms with Crippen molar-refractivity contribution in [2.45, 2.75) is 46.0 Å². The molecule has 3 amide bonds. The first-order valence-electron chi connectivity index (χ1n) is 9.32. The first-order chi connectivity index (χ1) is 13.2. The highest BCUT2D eigenvalue weighted by Crippen LogP contribution is 2.22. The molecule has 0 aliphatic rings. The van der Waals surface area contributed by atoms with Gasteiger partial charge in [0.05, 0.1) is 0 Å². The van der Waals surface area contributed by atoms with Crippen molar-refractivity contribution in [3.8, 4) is 0 Å². The number of hydrogen-bond acceptors (Lipinski definition) is 3. The van der Waals surface area contributed by atoms with Gasteiger partial charge in [0.2, 0.25) is 5.91 Å². The lowest BCUT2D eigenvalue weighted by molar-refractivity contribution is -0.116. The fraction of sp³-hybridized carbons (Fsp3) is 0.318. The van der Waals surface area contributed by atoms with Gasteiger partial charge in [-0.15, -0.1) is 0 Å². The van der Waals surface area contributed by atoms with Gasteiger partial charge in [-0.1, -0.05) is 39.8 Å². The number of hydrogen-bond donors (Lipinski definition) is 3. The average Bonchev–Trinajstić information content (AvgIpc) is 2.66. The number of nitrogens with one attached hydrogen (secondary N) is 3. The maximum atomic E-state index is 12.2. The molecule has 28 heavy (non-hydrogen) atoms. The highest BCUT2D eigenvalue weighted by atomic mass is 16.2. The quantitative estimate of drug-likeness (QED) is 0.689. The summed E-state index contributed by atoms with van der Waals surface area (Å²) in [6.07, 6.45) is 1.22. The van der Waals surface area contributed by atoms with E-state index in [-0.39, 0.29) is 11.3 Å². The van der Waals surface area contributed by atoms with Gasteiger partial charge in [-0.2, -0.15) is 0 Å². The summed E-state index contributed by atoms with van der Waals surface area (Å²) in [5.41, 5.74) is 7.39. The number of carbonyl (C=O) groups is 3. The minimum absolute atomic E-state index is 0.00535. The predicted octanol–water partition coefficient (Wildman–Crippen LogP) is 3.80. The van der Waals surface area contributed by atoms with Crippen LogP contribution in [0.5, 0.6) is 0 Å². The number of carbonyl (C=O) groups excluding carboxylic acids is 3. The van der Waals surface area contributed by atoms with E-state index in [0.29, 0.717) is 23.2 Å². The Hall–Kier alpha value is -3.15. The average molecular weight is 381 g/mol. The molecule has 0 heterocycles. The molecule has 0 radical (unpaired) electrons. The zero-order chi connectivity index (χ0) is 20.7. The van der Waals surface area contributed by atoms with Crippen molar-refractivity contribution in [3.05, 3.63) is 65.2 Å². The Balaban J connectivity index is 1.90. The van der Waals surface area contributed by atoms with Crippen LogP contribution in [0.4, 0.5) is 5.69 Å². The Bertz CT molecular complexity index is 835. The van der Waals surface area contributed by atoms with Gasteiger partial charge >= 0.3 is 0 Å². The highest BCUT2D eigenvalue weighted by Gasteiger charge is 2.15. The minimum Gasteiger partial charge on any atom is -0.326 e. The Morgan fingerprint density at radius 3 is 1.68 bits per heavy atom. The van der Waals surface area contributed by atoms with E-state index in [4.69, 9.17) is 0 Å². The van der Waals surface area contributed by atoms with Crippen molar-refractivity contribution in [1.29, 1.82) is 0 Å². The van der Waals surface area contributed by atoms with E-state index in [1.807, 2.05) is 19.1 Å². The molecule has 2 aromatic rings. The molecule has 0 fully saturated rings. The summed E-state index contributed by atoms with van der Waals surface area (Å²) < 4.78 is 0. The van der Waals surface area contributed by atoms with E-state index in [9.17, 15) is 14.4 Å². The van der Waals surface area contributed by atoms with Gasteiger partial charge in [0.15, 0.2) is 0 Å². The van der Waals surface area contributed by atoms with Crippen LogP contribution in [0.1, 0.15) is 66.8 Å². The molecule has 0 atom stereocenters.